The van der Waals surface area contributed by atoms with Crippen molar-refractivity contribution in [1.29, 1.82) is 0 Å². The Kier molecular flexibility index (Phi) is 5.63. The van der Waals surface area contributed by atoms with E-state index in [2.05, 4.69) is 21.8 Å². The molecule has 0 aliphatic carbocycles. The number of nitrogens with zero attached hydrogens (tertiary/aromatic N) is 2. The minimum Gasteiger partial charge on any atom is -0.425 e. The highest BCUT2D eigenvalue weighted by molar-refractivity contribution is 7.98. The number of rotatable bonds is 7. The van der Waals surface area contributed by atoms with Gasteiger partial charge in [-0.15, -0.1) is 10.2 Å². The van der Waals surface area contributed by atoms with E-state index in [1.165, 1.54) is 0 Å². The van der Waals surface area contributed by atoms with Gasteiger partial charge in [-0.2, -0.15) is 11.8 Å². The Bertz CT molecular complexity index is 252. The summed E-state index contributed by atoms with van der Waals surface area (Å²) in [6, 6.07) is 0. The van der Waals surface area contributed by atoms with E-state index in [0.717, 1.165) is 43.3 Å². The summed E-state index contributed by atoms with van der Waals surface area (Å²) >= 11 is 1.79. The molecule has 1 aromatic heterocycles. The van der Waals surface area contributed by atoms with Gasteiger partial charge in [0.15, 0.2) is 0 Å². The molecule has 1 rings (SSSR count). The maximum atomic E-state index is 5.47. The van der Waals surface area contributed by atoms with Crippen LogP contribution in [0.1, 0.15) is 18.2 Å². The quantitative estimate of drug-likeness (QED) is 0.691. The summed E-state index contributed by atoms with van der Waals surface area (Å²) in [4.78, 5) is 0. The molecule has 0 saturated carbocycles. The van der Waals surface area contributed by atoms with Crippen molar-refractivity contribution in [2.24, 2.45) is 0 Å². The second kappa shape index (κ2) is 6.84. The van der Waals surface area contributed by atoms with Crippen molar-refractivity contribution in [2.45, 2.75) is 19.3 Å². The minimum absolute atomic E-state index is 0.761. The molecular weight excluding hydrogens is 198 g/mol. The van der Waals surface area contributed by atoms with E-state index in [1.807, 2.05) is 7.05 Å². The van der Waals surface area contributed by atoms with Crippen LogP contribution in [0.15, 0.2) is 4.42 Å². The molecule has 0 aliphatic heterocycles. The zero-order valence-electron chi connectivity index (χ0n) is 8.75. The molecule has 0 radical (unpaired) electrons. The fraction of sp³-hybridized carbons (Fsp3) is 0.778. The lowest BCUT2D eigenvalue weighted by Gasteiger charge is -1.94. The van der Waals surface area contributed by atoms with Gasteiger partial charge in [0, 0.05) is 18.6 Å². The zero-order valence-corrected chi connectivity index (χ0v) is 9.56. The molecule has 0 spiro atoms. The third-order valence-electron chi connectivity index (χ3n) is 1.85. The molecule has 14 heavy (non-hydrogen) atoms. The summed E-state index contributed by atoms with van der Waals surface area (Å²) in [5.74, 6) is 2.56. The summed E-state index contributed by atoms with van der Waals surface area (Å²) in [6.07, 6.45) is 4.86. The average Bonchev–Trinajstić information content (AvgIpc) is 2.63. The maximum Gasteiger partial charge on any atom is 0.217 e. The normalized spacial score (nSPS) is 10.7. The Morgan fingerprint density at radius 2 is 2.00 bits per heavy atom. The highest BCUT2D eigenvalue weighted by atomic mass is 32.2. The Morgan fingerprint density at radius 1 is 1.29 bits per heavy atom. The van der Waals surface area contributed by atoms with Crippen molar-refractivity contribution in [3.05, 3.63) is 11.8 Å². The summed E-state index contributed by atoms with van der Waals surface area (Å²) in [7, 11) is 1.94. The molecule has 0 aromatic carbocycles. The second-order valence-corrected chi connectivity index (χ2v) is 4.03. The van der Waals surface area contributed by atoms with Crippen molar-refractivity contribution >= 4 is 11.8 Å². The Morgan fingerprint density at radius 3 is 2.64 bits per heavy atom. The van der Waals surface area contributed by atoms with Crippen LogP contribution in [-0.2, 0) is 12.8 Å². The monoisotopic (exact) mass is 215 g/mol. The van der Waals surface area contributed by atoms with Crippen LogP contribution in [0.25, 0.3) is 0 Å². The molecule has 5 heteroatoms. The number of hydrogen-bond acceptors (Lipinski definition) is 5. The van der Waals surface area contributed by atoms with Gasteiger partial charge in [-0.1, -0.05) is 0 Å². The van der Waals surface area contributed by atoms with Gasteiger partial charge in [-0.25, -0.2) is 0 Å². The molecule has 0 amide bonds. The van der Waals surface area contributed by atoms with E-state index in [9.17, 15) is 0 Å². The molecule has 0 saturated heterocycles. The number of aromatic nitrogens is 2. The Hall–Kier alpha value is -0.550. The highest BCUT2D eigenvalue weighted by Crippen LogP contribution is 2.05. The molecule has 80 valence electrons. The van der Waals surface area contributed by atoms with Gasteiger partial charge in [0.25, 0.3) is 0 Å². The van der Waals surface area contributed by atoms with Crippen LogP contribution in [-0.4, -0.2) is 35.8 Å². The molecule has 1 heterocycles. The maximum absolute atomic E-state index is 5.47. The third kappa shape index (κ3) is 4.11. The van der Waals surface area contributed by atoms with Crippen molar-refractivity contribution < 1.29 is 4.42 Å². The second-order valence-electron chi connectivity index (χ2n) is 3.04. The van der Waals surface area contributed by atoms with Crippen LogP contribution in [0.5, 0.6) is 0 Å². The fourth-order valence-electron chi connectivity index (χ4n) is 1.10. The molecule has 4 nitrogen and oxygen atoms in total. The highest BCUT2D eigenvalue weighted by Gasteiger charge is 2.04. The van der Waals surface area contributed by atoms with Crippen LogP contribution in [0.4, 0.5) is 0 Å². The summed E-state index contributed by atoms with van der Waals surface area (Å²) < 4.78 is 5.47. The van der Waals surface area contributed by atoms with Crippen LogP contribution >= 0.6 is 11.8 Å². The lowest BCUT2D eigenvalue weighted by molar-refractivity contribution is 0.448. The summed E-state index contributed by atoms with van der Waals surface area (Å²) in [5, 5.41) is 11.1. The Labute approximate surface area is 88.9 Å². The van der Waals surface area contributed by atoms with Gasteiger partial charge in [-0.3, -0.25) is 0 Å². The first kappa shape index (κ1) is 11.5. The SMILES string of the molecule is CNCCCc1nnc(CCSC)o1. The fourth-order valence-corrected chi connectivity index (χ4v) is 1.47. The summed E-state index contributed by atoms with van der Waals surface area (Å²) in [5.41, 5.74) is 0. The van der Waals surface area contributed by atoms with Gasteiger partial charge in [0.2, 0.25) is 11.8 Å². The lowest BCUT2D eigenvalue weighted by atomic mass is 10.3. The minimum atomic E-state index is 0.761. The standard InChI is InChI=1S/C9H17N3OS/c1-10-6-3-4-8-11-12-9(13-8)5-7-14-2/h10H,3-7H2,1-2H3. The van der Waals surface area contributed by atoms with Gasteiger partial charge in [0.1, 0.15) is 0 Å². The van der Waals surface area contributed by atoms with E-state index in [4.69, 9.17) is 4.42 Å². The van der Waals surface area contributed by atoms with Gasteiger partial charge in [-0.05, 0) is 26.3 Å². The van der Waals surface area contributed by atoms with Crippen LogP contribution < -0.4 is 5.32 Å². The van der Waals surface area contributed by atoms with Gasteiger partial charge >= 0.3 is 0 Å². The van der Waals surface area contributed by atoms with Crippen molar-refractivity contribution in [3.8, 4) is 0 Å². The molecule has 0 bridgehead atoms. The van der Waals surface area contributed by atoms with E-state index < -0.39 is 0 Å². The van der Waals surface area contributed by atoms with Crippen LogP contribution in [0, 0.1) is 0 Å². The van der Waals surface area contributed by atoms with Crippen molar-refractivity contribution in [2.75, 3.05) is 25.6 Å². The van der Waals surface area contributed by atoms with Gasteiger partial charge < -0.3 is 9.73 Å². The zero-order chi connectivity index (χ0) is 10.2. The molecule has 1 aromatic rings. The van der Waals surface area contributed by atoms with Gasteiger partial charge in [0.05, 0.1) is 0 Å². The molecule has 0 aliphatic rings. The smallest absolute Gasteiger partial charge is 0.217 e. The average molecular weight is 215 g/mol. The number of aryl methyl sites for hydroxylation is 2. The van der Waals surface area contributed by atoms with E-state index in [0.29, 0.717) is 0 Å². The lowest BCUT2D eigenvalue weighted by Crippen LogP contribution is -2.08. The first-order valence-electron chi connectivity index (χ1n) is 4.81. The largest absolute Gasteiger partial charge is 0.425 e. The van der Waals surface area contributed by atoms with E-state index in [1.54, 1.807) is 11.8 Å². The molecule has 1 N–H and O–H groups in total. The number of hydrogen-bond donors (Lipinski definition) is 1. The van der Waals surface area contributed by atoms with Crippen LogP contribution in [0.2, 0.25) is 0 Å². The molecule has 0 atom stereocenters. The molecule has 0 unspecified atom stereocenters. The van der Waals surface area contributed by atoms with Crippen LogP contribution in [0.3, 0.4) is 0 Å². The number of nitrogens with one attached hydrogen (secondary N) is 1. The summed E-state index contributed by atoms with van der Waals surface area (Å²) in [6.45, 7) is 0.989. The van der Waals surface area contributed by atoms with E-state index >= 15 is 0 Å². The first-order valence-corrected chi connectivity index (χ1v) is 6.21. The molecule has 0 fully saturated rings. The number of thioether (sulfide) groups is 1. The van der Waals surface area contributed by atoms with Crippen molar-refractivity contribution in [3.63, 3.8) is 0 Å². The first-order chi connectivity index (χ1) is 6.86. The molecular formula is C9H17N3OS. The predicted molar refractivity (Wildman–Crippen MR) is 58.6 cm³/mol. The third-order valence-corrected chi connectivity index (χ3v) is 2.46. The van der Waals surface area contributed by atoms with Crippen molar-refractivity contribution in [1.82, 2.24) is 15.5 Å². The predicted octanol–water partition coefficient (Wildman–Crippen LogP) is 1.13. The topological polar surface area (TPSA) is 51.0 Å². The Balaban J connectivity index is 2.27. The van der Waals surface area contributed by atoms with E-state index in [-0.39, 0.29) is 0 Å².